The lowest BCUT2D eigenvalue weighted by Gasteiger charge is -2.40. The minimum atomic E-state index is -4.19. The van der Waals surface area contributed by atoms with Crippen LogP contribution in [0.2, 0.25) is 0 Å². The van der Waals surface area contributed by atoms with E-state index in [1.165, 1.54) is 17.4 Å². The SMILES string of the molecule is CCNC(=NCC1CCCOC1c1ccccc1)N1CCN(C(C)C(F)(F)F)CC1. The van der Waals surface area contributed by atoms with Gasteiger partial charge in [0.25, 0.3) is 0 Å². The monoisotopic (exact) mass is 426 g/mol. The minimum absolute atomic E-state index is 0.0380. The predicted molar refractivity (Wildman–Crippen MR) is 113 cm³/mol. The molecule has 5 nitrogen and oxygen atoms in total. The van der Waals surface area contributed by atoms with Gasteiger partial charge in [-0.25, -0.2) is 0 Å². The van der Waals surface area contributed by atoms with Gasteiger partial charge in [-0.1, -0.05) is 30.3 Å². The molecule has 2 fully saturated rings. The smallest absolute Gasteiger partial charge is 0.373 e. The summed E-state index contributed by atoms with van der Waals surface area (Å²) in [5.41, 5.74) is 1.18. The number of alkyl halides is 3. The van der Waals surface area contributed by atoms with Crippen LogP contribution in [0, 0.1) is 5.92 Å². The summed E-state index contributed by atoms with van der Waals surface area (Å²) >= 11 is 0. The van der Waals surface area contributed by atoms with Crippen molar-refractivity contribution < 1.29 is 17.9 Å². The number of rotatable bonds is 5. The zero-order valence-electron chi connectivity index (χ0n) is 17.9. The molecule has 2 saturated heterocycles. The third-order valence-corrected chi connectivity index (χ3v) is 6.02. The van der Waals surface area contributed by atoms with Crippen LogP contribution < -0.4 is 5.32 Å². The van der Waals surface area contributed by atoms with Crippen molar-refractivity contribution in [3.05, 3.63) is 35.9 Å². The molecule has 0 radical (unpaired) electrons. The molecule has 2 aliphatic heterocycles. The average Bonchev–Trinajstić information content (AvgIpc) is 2.76. The zero-order chi connectivity index (χ0) is 21.6. The zero-order valence-corrected chi connectivity index (χ0v) is 17.9. The van der Waals surface area contributed by atoms with Crippen molar-refractivity contribution >= 4 is 5.96 Å². The van der Waals surface area contributed by atoms with Gasteiger partial charge in [0.15, 0.2) is 5.96 Å². The van der Waals surface area contributed by atoms with Crippen LogP contribution in [0.4, 0.5) is 13.2 Å². The van der Waals surface area contributed by atoms with Crippen molar-refractivity contribution in [3.8, 4) is 0 Å². The van der Waals surface area contributed by atoms with Gasteiger partial charge in [0.2, 0.25) is 0 Å². The van der Waals surface area contributed by atoms with Gasteiger partial charge in [-0.3, -0.25) is 9.89 Å². The van der Waals surface area contributed by atoms with E-state index in [1.54, 1.807) is 0 Å². The van der Waals surface area contributed by atoms with Gasteiger partial charge in [0, 0.05) is 51.8 Å². The maximum atomic E-state index is 13.0. The predicted octanol–water partition coefficient (Wildman–Crippen LogP) is 3.69. The molecule has 0 bridgehead atoms. The largest absolute Gasteiger partial charge is 0.403 e. The number of ether oxygens (including phenoxy) is 1. The number of aliphatic imine (C=N–C) groups is 1. The summed E-state index contributed by atoms with van der Waals surface area (Å²) in [7, 11) is 0. The molecule has 1 aromatic rings. The van der Waals surface area contributed by atoms with Crippen LogP contribution in [0.1, 0.15) is 38.4 Å². The Morgan fingerprint density at radius 3 is 2.53 bits per heavy atom. The molecule has 3 unspecified atom stereocenters. The lowest BCUT2D eigenvalue weighted by molar-refractivity contribution is -0.181. The summed E-state index contributed by atoms with van der Waals surface area (Å²) in [6.07, 6.45) is -2.07. The van der Waals surface area contributed by atoms with E-state index in [9.17, 15) is 13.2 Å². The molecule has 1 aromatic carbocycles. The minimum Gasteiger partial charge on any atom is -0.373 e. The molecule has 8 heteroatoms. The fraction of sp³-hybridized carbons (Fsp3) is 0.682. The summed E-state index contributed by atoms with van der Waals surface area (Å²) in [5, 5.41) is 3.32. The van der Waals surface area contributed by atoms with Crippen molar-refractivity contribution in [3.63, 3.8) is 0 Å². The highest BCUT2D eigenvalue weighted by atomic mass is 19.4. The number of nitrogens with zero attached hydrogens (tertiary/aromatic N) is 3. The summed E-state index contributed by atoms with van der Waals surface area (Å²) < 4.78 is 45.1. The van der Waals surface area contributed by atoms with Crippen molar-refractivity contribution in [2.75, 3.05) is 45.9 Å². The highest BCUT2D eigenvalue weighted by molar-refractivity contribution is 5.80. The second-order valence-electron chi connectivity index (χ2n) is 8.04. The quantitative estimate of drug-likeness (QED) is 0.576. The Bertz CT molecular complexity index is 675. The Kier molecular flexibility index (Phi) is 7.99. The number of benzene rings is 1. The number of hydrogen-bond acceptors (Lipinski definition) is 3. The summed E-state index contributed by atoms with van der Waals surface area (Å²) in [4.78, 5) is 8.44. The second-order valence-corrected chi connectivity index (χ2v) is 8.04. The van der Waals surface area contributed by atoms with E-state index in [0.29, 0.717) is 38.6 Å². The van der Waals surface area contributed by atoms with Gasteiger partial charge in [-0.15, -0.1) is 0 Å². The number of hydrogen-bond donors (Lipinski definition) is 1. The molecule has 0 aromatic heterocycles. The molecule has 0 amide bonds. The molecule has 2 aliphatic rings. The first kappa shape index (κ1) is 22.9. The Morgan fingerprint density at radius 2 is 1.90 bits per heavy atom. The molecule has 3 atom stereocenters. The van der Waals surface area contributed by atoms with Gasteiger partial charge in [0.1, 0.15) is 6.04 Å². The van der Waals surface area contributed by atoms with E-state index in [4.69, 9.17) is 9.73 Å². The molecule has 2 heterocycles. The maximum Gasteiger partial charge on any atom is 0.403 e. The first-order valence-corrected chi connectivity index (χ1v) is 10.9. The first-order valence-electron chi connectivity index (χ1n) is 10.9. The standard InChI is InChI=1S/C22H33F3N4O/c1-3-26-21(29-13-11-28(12-14-29)17(2)22(23,24)25)27-16-19-10-7-15-30-20(19)18-8-5-4-6-9-18/h4-6,8-9,17,19-20H,3,7,10-16H2,1-2H3,(H,26,27). The third-order valence-electron chi connectivity index (χ3n) is 6.02. The van der Waals surface area contributed by atoms with E-state index in [2.05, 4.69) is 22.3 Å². The van der Waals surface area contributed by atoms with E-state index in [0.717, 1.165) is 32.0 Å². The fourth-order valence-corrected chi connectivity index (χ4v) is 4.20. The van der Waals surface area contributed by atoms with Crippen LogP contribution in [0.15, 0.2) is 35.3 Å². The van der Waals surface area contributed by atoms with Crippen molar-refractivity contribution in [2.45, 2.75) is 45.0 Å². The molecule has 1 N–H and O–H groups in total. The van der Waals surface area contributed by atoms with E-state index < -0.39 is 12.2 Å². The van der Waals surface area contributed by atoms with Crippen molar-refractivity contribution in [1.29, 1.82) is 0 Å². The molecule has 0 aliphatic carbocycles. The number of guanidine groups is 1. The summed E-state index contributed by atoms with van der Waals surface area (Å²) in [6.45, 7) is 7.21. The van der Waals surface area contributed by atoms with E-state index >= 15 is 0 Å². The third kappa shape index (κ3) is 5.88. The van der Waals surface area contributed by atoms with Gasteiger partial charge >= 0.3 is 6.18 Å². The van der Waals surface area contributed by atoms with Crippen molar-refractivity contribution in [2.24, 2.45) is 10.9 Å². The van der Waals surface area contributed by atoms with E-state index in [1.807, 2.05) is 25.1 Å². The summed E-state index contributed by atoms with van der Waals surface area (Å²) in [5.74, 6) is 1.08. The topological polar surface area (TPSA) is 40.1 Å². The van der Waals surface area contributed by atoms with Crippen LogP contribution >= 0.6 is 0 Å². The molecule has 0 saturated carbocycles. The fourth-order valence-electron chi connectivity index (χ4n) is 4.20. The Balaban J connectivity index is 1.63. The Morgan fingerprint density at radius 1 is 1.20 bits per heavy atom. The van der Waals surface area contributed by atoms with Gasteiger partial charge in [-0.2, -0.15) is 13.2 Å². The van der Waals surface area contributed by atoms with Crippen LogP contribution in [-0.2, 0) is 4.74 Å². The number of piperazine rings is 1. The number of halogens is 3. The molecule has 0 spiro atoms. The van der Waals surface area contributed by atoms with E-state index in [-0.39, 0.29) is 6.10 Å². The van der Waals surface area contributed by atoms with Crippen LogP contribution in [0.5, 0.6) is 0 Å². The van der Waals surface area contributed by atoms with Gasteiger partial charge < -0.3 is 15.0 Å². The van der Waals surface area contributed by atoms with Gasteiger partial charge in [0.05, 0.1) is 6.10 Å². The molecular weight excluding hydrogens is 393 g/mol. The highest BCUT2D eigenvalue weighted by Crippen LogP contribution is 2.33. The molecule has 168 valence electrons. The molecule has 30 heavy (non-hydrogen) atoms. The van der Waals surface area contributed by atoms with Crippen LogP contribution in [0.25, 0.3) is 0 Å². The lowest BCUT2D eigenvalue weighted by Crippen LogP contribution is -2.56. The van der Waals surface area contributed by atoms with Crippen molar-refractivity contribution in [1.82, 2.24) is 15.1 Å². The summed E-state index contributed by atoms with van der Waals surface area (Å²) in [6, 6.07) is 8.84. The van der Waals surface area contributed by atoms with Gasteiger partial charge in [-0.05, 0) is 32.3 Å². The first-order chi connectivity index (χ1) is 14.4. The maximum absolute atomic E-state index is 13.0. The van der Waals surface area contributed by atoms with Crippen LogP contribution in [-0.4, -0.2) is 73.9 Å². The normalized spacial score (nSPS) is 25.2. The second kappa shape index (κ2) is 10.5. The highest BCUT2D eigenvalue weighted by Gasteiger charge is 2.41. The molecule has 3 rings (SSSR count). The average molecular weight is 427 g/mol. The molecular formula is C22H33F3N4O. The lowest BCUT2D eigenvalue weighted by atomic mass is 9.89. The van der Waals surface area contributed by atoms with Crippen LogP contribution in [0.3, 0.4) is 0 Å². The Hall–Kier alpha value is -1.80. The number of nitrogens with one attached hydrogen (secondary N) is 1. The Labute approximate surface area is 177 Å².